The monoisotopic (exact) mass is 235 g/mol. The van der Waals surface area contributed by atoms with E-state index in [9.17, 15) is 10.2 Å². The topological polar surface area (TPSA) is 113 Å². The molecule has 6 N–H and O–H groups in total. The van der Waals surface area contributed by atoms with E-state index in [-0.39, 0.29) is 31.8 Å². The molecule has 0 amide bonds. The molecule has 1 aliphatic rings. The standard InChI is InChI=1S/C10H21NO5/c12-3-6-1-7(2-9(15)10(6)16)11-8(4-13)5-14/h6-16H,1-5H2/t6?,7-,9?,10+/m0/s1. The van der Waals surface area contributed by atoms with E-state index in [1.807, 2.05) is 0 Å². The van der Waals surface area contributed by atoms with Gasteiger partial charge in [0.1, 0.15) is 0 Å². The van der Waals surface area contributed by atoms with Crippen molar-refractivity contribution in [1.29, 1.82) is 0 Å². The minimum atomic E-state index is -0.898. The summed E-state index contributed by atoms with van der Waals surface area (Å²) in [4.78, 5) is 0. The molecule has 0 aromatic heterocycles. The third-order valence-electron chi connectivity index (χ3n) is 3.14. The van der Waals surface area contributed by atoms with Gasteiger partial charge in [0.05, 0.1) is 31.5 Å². The fourth-order valence-electron chi connectivity index (χ4n) is 2.16. The number of hydrogen-bond donors (Lipinski definition) is 6. The lowest BCUT2D eigenvalue weighted by molar-refractivity contribution is -0.0696. The fourth-order valence-corrected chi connectivity index (χ4v) is 2.16. The molecule has 0 saturated heterocycles. The molecule has 6 nitrogen and oxygen atoms in total. The Morgan fingerprint density at radius 1 is 1.06 bits per heavy atom. The number of aliphatic hydroxyl groups is 5. The van der Waals surface area contributed by atoms with E-state index in [0.29, 0.717) is 12.8 Å². The SMILES string of the molecule is OCC(CO)N[C@@H]1CC(O)[C@H](O)C(CO)C1. The molecule has 96 valence electrons. The van der Waals surface area contributed by atoms with Gasteiger partial charge in [-0.05, 0) is 12.8 Å². The largest absolute Gasteiger partial charge is 0.396 e. The van der Waals surface area contributed by atoms with Gasteiger partial charge in [-0.2, -0.15) is 0 Å². The van der Waals surface area contributed by atoms with E-state index >= 15 is 0 Å². The van der Waals surface area contributed by atoms with Crippen molar-refractivity contribution in [2.45, 2.75) is 37.1 Å². The molecule has 1 rings (SSSR count). The summed E-state index contributed by atoms with van der Waals surface area (Å²) in [5, 5.41) is 49.0. The van der Waals surface area contributed by atoms with Crippen LogP contribution in [0.15, 0.2) is 0 Å². The number of aliphatic hydroxyl groups excluding tert-OH is 5. The maximum Gasteiger partial charge on any atom is 0.0850 e. The lowest BCUT2D eigenvalue weighted by Gasteiger charge is -2.37. The van der Waals surface area contributed by atoms with Gasteiger partial charge < -0.3 is 30.8 Å². The van der Waals surface area contributed by atoms with Gasteiger partial charge in [-0.3, -0.25) is 0 Å². The van der Waals surface area contributed by atoms with Crippen molar-refractivity contribution in [3.05, 3.63) is 0 Å². The zero-order valence-corrected chi connectivity index (χ0v) is 9.16. The Hall–Kier alpha value is -0.240. The summed E-state index contributed by atoms with van der Waals surface area (Å²) in [6, 6.07) is -0.536. The number of nitrogens with one attached hydrogen (secondary N) is 1. The maximum atomic E-state index is 9.58. The van der Waals surface area contributed by atoms with Gasteiger partial charge in [0.25, 0.3) is 0 Å². The van der Waals surface area contributed by atoms with Gasteiger partial charge in [0, 0.05) is 18.6 Å². The maximum absolute atomic E-state index is 9.58. The molecule has 1 fully saturated rings. The van der Waals surface area contributed by atoms with Crippen LogP contribution in [0.3, 0.4) is 0 Å². The molecule has 0 radical (unpaired) electrons. The second kappa shape index (κ2) is 6.48. The van der Waals surface area contributed by atoms with Crippen LogP contribution < -0.4 is 5.32 Å². The molecule has 0 aliphatic heterocycles. The summed E-state index contributed by atoms with van der Waals surface area (Å²) in [6.45, 7) is -0.551. The van der Waals surface area contributed by atoms with Crippen LogP contribution in [-0.4, -0.2) is 69.6 Å². The van der Waals surface area contributed by atoms with Crippen molar-refractivity contribution in [2.75, 3.05) is 19.8 Å². The first-order valence-electron chi connectivity index (χ1n) is 5.57. The zero-order valence-electron chi connectivity index (χ0n) is 9.16. The van der Waals surface area contributed by atoms with Crippen molar-refractivity contribution >= 4 is 0 Å². The van der Waals surface area contributed by atoms with E-state index < -0.39 is 18.2 Å². The van der Waals surface area contributed by atoms with E-state index in [2.05, 4.69) is 5.32 Å². The molecule has 0 aromatic carbocycles. The lowest BCUT2D eigenvalue weighted by atomic mass is 9.81. The molecule has 0 bridgehead atoms. The molecule has 0 heterocycles. The Bertz CT molecular complexity index is 198. The van der Waals surface area contributed by atoms with Crippen LogP contribution in [0, 0.1) is 5.92 Å². The van der Waals surface area contributed by atoms with Crippen LogP contribution in [0.25, 0.3) is 0 Å². The van der Waals surface area contributed by atoms with Crippen LogP contribution in [0.5, 0.6) is 0 Å². The Balaban J connectivity index is 2.49. The fraction of sp³-hybridized carbons (Fsp3) is 1.00. The second-order valence-electron chi connectivity index (χ2n) is 4.40. The minimum Gasteiger partial charge on any atom is -0.396 e. The molecule has 1 saturated carbocycles. The van der Waals surface area contributed by atoms with Gasteiger partial charge >= 0.3 is 0 Å². The highest BCUT2D eigenvalue weighted by molar-refractivity contribution is 4.90. The summed E-state index contributed by atoms with van der Waals surface area (Å²) in [5.41, 5.74) is 0. The second-order valence-corrected chi connectivity index (χ2v) is 4.40. The van der Waals surface area contributed by atoms with E-state index in [1.165, 1.54) is 0 Å². The van der Waals surface area contributed by atoms with Gasteiger partial charge in [-0.25, -0.2) is 0 Å². The minimum absolute atomic E-state index is 0.111. The Kier molecular flexibility index (Phi) is 5.60. The highest BCUT2D eigenvalue weighted by Gasteiger charge is 2.35. The first kappa shape index (κ1) is 13.8. The van der Waals surface area contributed by atoms with Gasteiger partial charge in [0.15, 0.2) is 0 Å². The Labute approximate surface area is 94.5 Å². The van der Waals surface area contributed by atoms with Crippen molar-refractivity contribution in [1.82, 2.24) is 5.32 Å². The Morgan fingerprint density at radius 3 is 2.19 bits per heavy atom. The first-order chi connectivity index (χ1) is 7.62. The molecule has 1 aliphatic carbocycles. The molecule has 16 heavy (non-hydrogen) atoms. The molecule has 6 heteroatoms. The van der Waals surface area contributed by atoms with Crippen LogP contribution in [0.4, 0.5) is 0 Å². The molecular weight excluding hydrogens is 214 g/mol. The number of hydrogen-bond acceptors (Lipinski definition) is 6. The average molecular weight is 235 g/mol. The van der Waals surface area contributed by atoms with E-state index in [1.54, 1.807) is 0 Å². The van der Waals surface area contributed by atoms with Gasteiger partial charge in [0.2, 0.25) is 0 Å². The van der Waals surface area contributed by atoms with Crippen molar-refractivity contribution < 1.29 is 25.5 Å². The van der Waals surface area contributed by atoms with Crippen LogP contribution in [0.2, 0.25) is 0 Å². The summed E-state index contributed by atoms with van der Waals surface area (Å²) < 4.78 is 0. The number of rotatable bonds is 5. The summed E-state index contributed by atoms with van der Waals surface area (Å²) >= 11 is 0. The van der Waals surface area contributed by atoms with Crippen molar-refractivity contribution in [3.63, 3.8) is 0 Å². The lowest BCUT2D eigenvalue weighted by Crippen LogP contribution is -2.52. The highest BCUT2D eigenvalue weighted by atomic mass is 16.3. The molecule has 0 aromatic rings. The van der Waals surface area contributed by atoms with Crippen molar-refractivity contribution in [2.24, 2.45) is 5.92 Å². The normalized spacial score (nSPS) is 35.6. The van der Waals surface area contributed by atoms with Crippen LogP contribution in [0.1, 0.15) is 12.8 Å². The quantitative estimate of drug-likeness (QED) is 0.312. The summed E-state index contributed by atoms with van der Waals surface area (Å²) in [6.07, 6.45) is -0.898. The third kappa shape index (κ3) is 3.38. The van der Waals surface area contributed by atoms with E-state index in [4.69, 9.17) is 15.3 Å². The predicted octanol–water partition coefficient (Wildman–Crippen LogP) is -2.58. The smallest absolute Gasteiger partial charge is 0.0850 e. The average Bonchev–Trinajstić information content (AvgIpc) is 2.30. The van der Waals surface area contributed by atoms with Gasteiger partial charge in [-0.1, -0.05) is 0 Å². The van der Waals surface area contributed by atoms with Gasteiger partial charge in [-0.15, -0.1) is 0 Å². The highest BCUT2D eigenvalue weighted by Crippen LogP contribution is 2.25. The molecule has 2 unspecified atom stereocenters. The Morgan fingerprint density at radius 2 is 1.69 bits per heavy atom. The molecule has 4 atom stereocenters. The predicted molar refractivity (Wildman–Crippen MR) is 56.7 cm³/mol. The zero-order chi connectivity index (χ0) is 12.1. The van der Waals surface area contributed by atoms with Crippen LogP contribution in [-0.2, 0) is 0 Å². The van der Waals surface area contributed by atoms with Crippen LogP contribution >= 0.6 is 0 Å². The van der Waals surface area contributed by atoms with E-state index in [0.717, 1.165) is 0 Å². The molecule has 0 spiro atoms. The van der Waals surface area contributed by atoms with Crippen molar-refractivity contribution in [3.8, 4) is 0 Å². The third-order valence-corrected chi connectivity index (χ3v) is 3.14. The summed E-state index contributed by atoms with van der Waals surface area (Å²) in [7, 11) is 0. The first-order valence-corrected chi connectivity index (χ1v) is 5.57. The summed E-state index contributed by atoms with van der Waals surface area (Å²) in [5.74, 6) is -0.362. The molecular formula is C10H21NO5.